The van der Waals surface area contributed by atoms with Gasteiger partial charge in [-0.15, -0.1) is 0 Å². The van der Waals surface area contributed by atoms with Gasteiger partial charge in [-0.1, -0.05) is 6.07 Å². The highest BCUT2D eigenvalue weighted by atomic mass is 79.9. The Morgan fingerprint density at radius 1 is 1.34 bits per heavy atom. The summed E-state index contributed by atoms with van der Waals surface area (Å²) in [6, 6.07) is 3.51. The number of hydrogen-bond donors (Lipinski definition) is 2. The van der Waals surface area contributed by atoms with Crippen LogP contribution in [0.1, 0.15) is 18.4 Å². The highest BCUT2D eigenvalue weighted by Crippen LogP contribution is 2.35. The Morgan fingerprint density at radius 3 is 2.56 bits per heavy atom. The molecule has 2 aliphatic heterocycles. The fraction of sp³-hybridized carbons (Fsp3) is 0.474. The molecule has 0 radical (unpaired) electrons. The number of rotatable bonds is 6. The van der Waals surface area contributed by atoms with Gasteiger partial charge < -0.3 is 20.6 Å². The molecule has 1 saturated heterocycles. The van der Waals surface area contributed by atoms with E-state index in [-0.39, 0.29) is 17.6 Å². The summed E-state index contributed by atoms with van der Waals surface area (Å²) in [5.74, 6) is -3.10. The molecule has 1 aromatic rings. The van der Waals surface area contributed by atoms with Crippen molar-refractivity contribution in [3.63, 3.8) is 0 Å². The van der Waals surface area contributed by atoms with Gasteiger partial charge in [-0.05, 0) is 46.5 Å². The maximum Gasteiger partial charge on any atom is 0.292 e. The van der Waals surface area contributed by atoms with E-state index in [1.807, 2.05) is 0 Å². The van der Waals surface area contributed by atoms with Gasteiger partial charge >= 0.3 is 0 Å². The molecule has 0 aromatic heterocycles. The molecule has 32 heavy (non-hydrogen) atoms. The van der Waals surface area contributed by atoms with Gasteiger partial charge in [0.1, 0.15) is 12.0 Å². The highest BCUT2D eigenvalue weighted by Gasteiger charge is 2.49. The van der Waals surface area contributed by atoms with Crippen molar-refractivity contribution in [1.29, 1.82) is 0 Å². The molecule has 3 rings (SSSR count). The lowest BCUT2D eigenvalue weighted by molar-refractivity contribution is -0.147. The van der Waals surface area contributed by atoms with Crippen molar-refractivity contribution in [2.75, 3.05) is 27.7 Å². The first-order valence-corrected chi connectivity index (χ1v) is 12.0. The zero-order valence-corrected chi connectivity index (χ0v) is 20.2. The molecule has 1 fully saturated rings. The second kappa shape index (κ2) is 8.96. The third-order valence-electron chi connectivity index (χ3n) is 5.72. The van der Waals surface area contributed by atoms with Crippen molar-refractivity contribution >= 4 is 38.0 Å². The number of carbonyl (C=O) groups is 2. The van der Waals surface area contributed by atoms with Crippen LogP contribution in [-0.4, -0.2) is 83.6 Å². The third kappa shape index (κ3) is 4.21. The number of piperidine rings is 1. The summed E-state index contributed by atoms with van der Waals surface area (Å²) in [7, 11) is 0.343. The van der Waals surface area contributed by atoms with Crippen LogP contribution in [0.15, 0.2) is 34.1 Å². The van der Waals surface area contributed by atoms with Crippen molar-refractivity contribution < 1.29 is 27.5 Å². The number of likely N-dealkylation sites (N-methyl/N-ethyl adjacent to an activating group) is 1. The molecule has 176 valence electrons. The molecule has 2 amide bonds. The number of aliphatic hydroxyl groups excluding tert-OH is 1. The van der Waals surface area contributed by atoms with Gasteiger partial charge in [-0.25, -0.2) is 4.39 Å². The summed E-state index contributed by atoms with van der Waals surface area (Å²) >= 11 is 3.12. The van der Waals surface area contributed by atoms with Crippen LogP contribution in [0.3, 0.4) is 0 Å². The molecule has 2 aliphatic rings. The van der Waals surface area contributed by atoms with Crippen LogP contribution in [0.2, 0.25) is 0 Å². The van der Waals surface area contributed by atoms with Gasteiger partial charge in [0.25, 0.3) is 22.0 Å². The van der Waals surface area contributed by atoms with Crippen LogP contribution in [0.5, 0.6) is 0 Å². The Balaban J connectivity index is 2.14. The minimum Gasteiger partial charge on any atom is -0.501 e. The number of aliphatic hydroxyl groups is 1. The number of halogens is 2. The number of nitrogens with zero attached hydrogens (tertiary/aromatic N) is 4. The second-order valence-corrected chi connectivity index (χ2v) is 10.9. The molecule has 2 heterocycles. The first-order chi connectivity index (χ1) is 14.9. The normalized spacial score (nSPS) is 22.0. The molecule has 0 bridgehead atoms. The van der Waals surface area contributed by atoms with Gasteiger partial charge in [0.15, 0.2) is 5.70 Å². The summed E-state index contributed by atoms with van der Waals surface area (Å²) in [6.07, 6.45) is 0.00206. The van der Waals surface area contributed by atoms with E-state index in [4.69, 9.17) is 5.73 Å². The third-order valence-corrected chi connectivity index (χ3v) is 8.25. The Bertz CT molecular complexity index is 1080. The van der Waals surface area contributed by atoms with Crippen LogP contribution < -0.4 is 5.73 Å². The molecule has 0 aliphatic carbocycles. The van der Waals surface area contributed by atoms with Gasteiger partial charge in [0.2, 0.25) is 5.76 Å². The molecule has 10 nitrogen and oxygen atoms in total. The van der Waals surface area contributed by atoms with Crippen LogP contribution in [0, 0.1) is 5.82 Å². The zero-order chi connectivity index (χ0) is 24.0. The summed E-state index contributed by atoms with van der Waals surface area (Å²) in [5, 5.41) is 10.5. The molecule has 3 N–H and O–H groups in total. The molecule has 2 atom stereocenters. The molecule has 2 unspecified atom stereocenters. The minimum absolute atomic E-state index is 0.0258. The zero-order valence-electron chi connectivity index (χ0n) is 17.8. The summed E-state index contributed by atoms with van der Waals surface area (Å²) in [6.45, 7) is 0.234. The number of amides is 2. The average molecular weight is 534 g/mol. The second-order valence-electron chi connectivity index (χ2n) is 7.87. The maximum absolute atomic E-state index is 13.7. The molecular formula is C19H25BrFN5O5S. The Kier molecular flexibility index (Phi) is 6.84. The van der Waals surface area contributed by atoms with Crippen LogP contribution in [-0.2, 0) is 26.3 Å². The maximum atomic E-state index is 13.7. The largest absolute Gasteiger partial charge is 0.501 e. The van der Waals surface area contributed by atoms with Gasteiger partial charge in [-0.3, -0.25) is 9.59 Å². The van der Waals surface area contributed by atoms with Gasteiger partial charge in [0.05, 0.1) is 10.5 Å². The average Bonchev–Trinajstić information content (AvgIpc) is 2.73. The summed E-state index contributed by atoms with van der Waals surface area (Å²) in [4.78, 5) is 27.9. The topological polar surface area (TPSA) is 127 Å². The lowest BCUT2D eigenvalue weighted by atomic mass is 9.96. The van der Waals surface area contributed by atoms with E-state index in [0.717, 1.165) is 8.61 Å². The van der Waals surface area contributed by atoms with E-state index in [9.17, 15) is 27.5 Å². The van der Waals surface area contributed by atoms with Crippen molar-refractivity contribution in [1.82, 2.24) is 18.4 Å². The predicted molar refractivity (Wildman–Crippen MR) is 117 cm³/mol. The summed E-state index contributed by atoms with van der Waals surface area (Å²) in [5.41, 5.74) is 5.67. The van der Waals surface area contributed by atoms with E-state index in [1.165, 1.54) is 49.1 Å². The number of nitrogens with two attached hydrogens (primary N) is 1. The van der Waals surface area contributed by atoms with Crippen molar-refractivity contribution in [2.45, 2.75) is 31.6 Å². The number of fused-ring (bicyclic) bond motifs is 1. The van der Waals surface area contributed by atoms with Crippen LogP contribution >= 0.6 is 15.9 Å². The number of carbonyl (C=O) groups excluding carboxylic acids is 2. The predicted octanol–water partition coefficient (Wildman–Crippen LogP) is 0.714. The van der Waals surface area contributed by atoms with E-state index in [2.05, 4.69) is 15.9 Å². The van der Waals surface area contributed by atoms with Crippen molar-refractivity contribution in [3.05, 3.63) is 45.5 Å². The lowest BCUT2D eigenvalue weighted by Crippen LogP contribution is -2.67. The van der Waals surface area contributed by atoms with E-state index in [1.54, 1.807) is 0 Å². The first-order valence-electron chi connectivity index (χ1n) is 9.78. The molecule has 1 aromatic carbocycles. The fourth-order valence-corrected chi connectivity index (χ4v) is 5.62. The van der Waals surface area contributed by atoms with Crippen molar-refractivity contribution in [3.8, 4) is 0 Å². The smallest absolute Gasteiger partial charge is 0.292 e. The number of hydrogen-bond acceptors (Lipinski definition) is 6. The SMILES string of the molecule is CN(C)S(=O)(=O)N(C)C1CCCN2C(=O)C(O)=C(C(N)=O)N(Cc3ccc(F)c(Br)c3)C12. The van der Waals surface area contributed by atoms with Crippen molar-refractivity contribution in [2.24, 2.45) is 5.73 Å². The van der Waals surface area contributed by atoms with Crippen LogP contribution in [0.25, 0.3) is 0 Å². The van der Waals surface area contributed by atoms with Gasteiger partial charge in [-0.2, -0.15) is 17.0 Å². The minimum atomic E-state index is -3.85. The lowest BCUT2D eigenvalue weighted by Gasteiger charge is -2.52. The number of primary amides is 1. The molecule has 13 heteroatoms. The number of benzene rings is 1. The van der Waals surface area contributed by atoms with E-state index in [0.29, 0.717) is 18.4 Å². The van der Waals surface area contributed by atoms with Crippen LogP contribution in [0.4, 0.5) is 4.39 Å². The standard InChI is InChI=1S/C19H25BrFN5O5S/c1-23(2)32(30,31)24(3)14-5-4-8-25-18(14)26(15(17(22)28)16(27)19(25)29)10-11-6-7-13(21)12(20)9-11/h6-7,9,14,18,27H,4-5,8,10H2,1-3H3,(H2,22,28). The quantitative estimate of drug-likeness (QED) is 0.554. The Hall–Kier alpha value is -2.22. The Labute approximate surface area is 194 Å². The molecular weight excluding hydrogens is 509 g/mol. The van der Waals surface area contributed by atoms with Gasteiger partial charge in [0, 0.05) is 34.2 Å². The highest BCUT2D eigenvalue weighted by molar-refractivity contribution is 9.10. The van der Waals surface area contributed by atoms with E-state index >= 15 is 0 Å². The summed E-state index contributed by atoms with van der Waals surface area (Å²) < 4.78 is 41.8. The first kappa shape index (κ1) is 24.4. The van der Waals surface area contributed by atoms with E-state index < -0.39 is 51.5 Å². The molecule has 0 saturated carbocycles. The molecule has 0 spiro atoms. The fourth-order valence-electron chi connectivity index (χ4n) is 4.13. The monoisotopic (exact) mass is 533 g/mol. The Morgan fingerprint density at radius 2 is 2.00 bits per heavy atom.